The van der Waals surface area contributed by atoms with E-state index in [0.717, 1.165) is 0 Å². The van der Waals surface area contributed by atoms with Crippen LogP contribution in [0.5, 0.6) is 0 Å². The van der Waals surface area contributed by atoms with Crippen molar-refractivity contribution < 1.29 is 0 Å². The van der Waals surface area contributed by atoms with Gasteiger partial charge < -0.3 is 4.90 Å². The Morgan fingerprint density at radius 3 is 1.38 bits per heavy atom. The Kier molecular flexibility index (Phi) is 17.3. The summed E-state index contributed by atoms with van der Waals surface area (Å²) in [6.07, 6.45) is 14.4. The molecule has 0 aliphatic heterocycles. The van der Waals surface area contributed by atoms with Crippen molar-refractivity contribution in [3.8, 4) is 0 Å². The molecule has 0 bridgehead atoms. The molecule has 0 aromatic rings. The van der Waals surface area contributed by atoms with Crippen molar-refractivity contribution in [3.63, 3.8) is 0 Å². The summed E-state index contributed by atoms with van der Waals surface area (Å²) in [7, 11) is 4.32. The zero-order chi connectivity index (χ0) is 11.4. The van der Waals surface area contributed by atoms with E-state index in [-0.39, 0.29) is 8.41 Å². The molecular formula is C14H31BN. The Bertz CT molecular complexity index is 115. The van der Waals surface area contributed by atoms with Crippen LogP contribution in [0.3, 0.4) is 0 Å². The Labute approximate surface area is 106 Å². The fourth-order valence-electron chi connectivity index (χ4n) is 1.92. The lowest BCUT2D eigenvalue weighted by Gasteiger charge is -2.08. The molecule has 0 atom stereocenters. The highest BCUT2D eigenvalue weighted by Crippen LogP contribution is 2.10. The molecule has 3 radical (unpaired) electrons. The van der Waals surface area contributed by atoms with Crippen LogP contribution in [0.4, 0.5) is 0 Å². The Morgan fingerprint density at radius 2 is 1.00 bits per heavy atom. The second kappa shape index (κ2) is 15.0. The first kappa shape index (κ1) is 18.4. The fraction of sp³-hybridized carbons (Fsp3) is 1.00. The van der Waals surface area contributed by atoms with Gasteiger partial charge in [0.05, 0.1) is 0 Å². The van der Waals surface area contributed by atoms with Gasteiger partial charge in [0.15, 0.2) is 0 Å². The Hall–Kier alpha value is 0.0249. The van der Waals surface area contributed by atoms with Gasteiger partial charge in [-0.3, -0.25) is 0 Å². The molecule has 0 spiro atoms. The van der Waals surface area contributed by atoms with E-state index in [2.05, 4.69) is 25.9 Å². The highest BCUT2D eigenvalue weighted by Gasteiger charge is 1.93. The summed E-state index contributed by atoms with van der Waals surface area (Å²) < 4.78 is 0. The van der Waals surface area contributed by atoms with Gasteiger partial charge in [0, 0.05) is 8.41 Å². The van der Waals surface area contributed by atoms with Gasteiger partial charge >= 0.3 is 0 Å². The fourth-order valence-corrected chi connectivity index (χ4v) is 1.92. The van der Waals surface area contributed by atoms with Crippen LogP contribution < -0.4 is 0 Å². The number of hydrogen-bond acceptors (Lipinski definition) is 1. The smallest absolute Gasteiger partial charge is 0 e. The van der Waals surface area contributed by atoms with Gasteiger partial charge in [0.25, 0.3) is 0 Å². The van der Waals surface area contributed by atoms with Gasteiger partial charge in [-0.05, 0) is 27.1 Å². The van der Waals surface area contributed by atoms with E-state index in [1.54, 1.807) is 0 Å². The summed E-state index contributed by atoms with van der Waals surface area (Å²) >= 11 is 0. The van der Waals surface area contributed by atoms with Crippen molar-refractivity contribution in [1.29, 1.82) is 0 Å². The quantitative estimate of drug-likeness (QED) is 0.377. The number of rotatable bonds is 11. The molecule has 0 aromatic heterocycles. The SMILES string of the molecule is CCCCCCCCCCCCN(C)C.[B]. The molecule has 0 saturated carbocycles. The van der Waals surface area contributed by atoms with Crippen LogP contribution in [0.15, 0.2) is 0 Å². The van der Waals surface area contributed by atoms with Crippen LogP contribution in [-0.2, 0) is 0 Å². The lowest BCUT2D eigenvalue weighted by Crippen LogP contribution is -2.12. The molecule has 0 saturated heterocycles. The summed E-state index contributed by atoms with van der Waals surface area (Å²) in [5.41, 5.74) is 0. The van der Waals surface area contributed by atoms with Gasteiger partial charge in [-0.1, -0.05) is 64.7 Å². The zero-order valence-electron chi connectivity index (χ0n) is 11.8. The van der Waals surface area contributed by atoms with E-state index < -0.39 is 0 Å². The van der Waals surface area contributed by atoms with Crippen LogP contribution in [-0.4, -0.2) is 34.0 Å². The van der Waals surface area contributed by atoms with Gasteiger partial charge in [0.2, 0.25) is 0 Å². The minimum Gasteiger partial charge on any atom is -0.309 e. The molecule has 0 N–H and O–H groups in total. The van der Waals surface area contributed by atoms with Crippen molar-refractivity contribution in [1.82, 2.24) is 4.90 Å². The predicted molar refractivity (Wildman–Crippen MR) is 76.2 cm³/mol. The van der Waals surface area contributed by atoms with E-state index in [1.807, 2.05) is 0 Å². The van der Waals surface area contributed by atoms with E-state index in [0.29, 0.717) is 0 Å². The molecule has 16 heavy (non-hydrogen) atoms. The van der Waals surface area contributed by atoms with Gasteiger partial charge in [-0.25, -0.2) is 0 Å². The van der Waals surface area contributed by atoms with Crippen LogP contribution >= 0.6 is 0 Å². The highest BCUT2D eigenvalue weighted by molar-refractivity contribution is 5.75. The molecule has 95 valence electrons. The van der Waals surface area contributed by atoms with Crippen molar-refractivity contribution >= 4 is 8.41 Å². The molecular weight excluding hydrogens is 193 g/mol. The Balaban J connectivity index is 0. The van der Waals surface area contributed by atoms with Crippen LogP contribution in [0.2, 0.25) is 0 Å². The molecule has 0 aliphatic carbocycles. The van der Waals surface area contributed by atoms with Crippen molar-refractivity contribution in [2.45, 2.75) is 71.1 Å². The standard InChI is InChI=1S/C14H31N.B/c1-4-5-6-7-8-9-10-11-12-13-14-15(2)3;/h4-14H2,1-3H3;. The maximum Gasteiger partial charge on any atom is 0 e. The summed E-state index contributed by atoms with van der Waals surface area (Å²) in [5.74, 6) is 0. The third kappa shape index (κ3) is 16.5. The molecule has 0 aromatic carbocycles. The van der Waals surface area contributed by atoms with E-state index in [4.69, 9.17) is 0 Å². The average molecular weight is 224 g/mol. The van der Waals surface area contributed by atoms with Gasteiger partial charge in [-0.15, -0.1) is 0 Å². The summed E-state index contributed by atoms with van der Waals surface area (Å²) in [6.45, 7) is 3.54. The first-order valence-electron chi connectivity index (χ1n) is 6.92. The van der Waals surface area contributed by atoms with E-state index >= 15 is 0 Å². The first-order chi connectivity index (χ1) is 7.27. The normalized spacial score (nSPS) is 10.5. The maximum absolute atomic E-state index is 2.28. The van der Waals surface area contributed by atoms with Crippen LogP contribution in [0.25, 0.3) is 0 Å². The predicted octanol–water partition coefficient (Wildman–Crippen LogP) is 4.09. The second-order valence-electron chi connectivity index (χ2n) is 4.99. The zero-order valence-corrected chi connectivity index (χ0v) is 11.8. The molecule has 0 rings (SSSR count). The van der Waals surface area contributed by atoms with E-state index in [9.17, 15) is 0 Å². The first-order valence-corrected chi connectivity index (χ1v) is 6.92. The molecule has 1 nitrogen and oxygen atoms in total. The molecule has 0 unspecified atom stereocenters. The lowest BCUT2D eigenvalue weighted by atomic mass is 10.1. The third-order valence-electron chi connectivity index (χ3n) is 2.96. The van der Waals surface area contributed by atoms with Crippen molar-refractivity contribution in [3.05, 3.63) is 0 Å². The molecule has 0 heterocycles. The van der Waals surface area contributed by atoms with E-state index in [1.165, 1.54) is 70.8 Å². The monoisotopic (exact) mass is 224 g/mol. The average Bonchev–Trinajstić information content (AvgIpc) is 2.20. The minimum atomic E-state index is 0. The third-order valence-corrected chi connectivity index (χ3v) is 2.96. The summed E-state index contributed by atoms with van der Waals surface area (Å²) in [5, 5.41) is 0. The Morgan fingerprint density at radius 1 is 0.625 bits per heavy atom. The highest BCUT2D eigenvalue weighted by atomic mass is 15.0. The van der Waals surface area contributed by atoms with Gasteiger partial charge in [0.1, 0.15) is 0 Å². The number of nitrogens with zero attached hydrogens (tertiary/aromatic N) is 1. The lowest BCUT2D eigenvalue weighted by molar-refractivity contribution is 0.389. The molecule has 0 amide bonds. The van der Waals surface area contributed by atoms with Crippen molar-refractivity contribution in [2.75, 3.05) is 20.6 Å². The molecule has 0 fully saturated rings. The van der Waals surface area contributed by atoms with Crippen LogP contribution in [0, 0.1) is 0 Å². The largest absolute Gasteiger partial charge is 0.309 e. The topological polar surface area (TPSA) is 3.24 Å². The van der Waals surface area contributed by atoms with Gasteiger partial charge in [-0.2, -0.15) is 0 Å². The molecule has 0 aliphatic rings. The number of unbranched alkanes of at least 4 members (excludes halogenated alkanes) is 9. The van der Waals surface area contributed by atoms with Crippen molar-refractivity contribution in [2.24, 2.45) is 0 Å². The maximum atomic E-state index is 2.28. The molecule has 2 heteroatoms. The van der Waals surface area contributed by atoms with Crippen LogP contribution in [0.1, 0.15) is 71.1 Å². The summed E-state index contributed by atoms with van der Waals surface area (Å²) in [4.78, 5) is 2.28. The summed E-state index contributed by atoms with van der Waals surface area (Å²) in [6, 6.07) is 0. The number of hydrogen-bond donors (Lipinski definition) is 0. The minimum absolute atomic E-state index is 0. The second-order valence-corrected chi connectivity index (χ2v) is 4.99.